The molecular formula is C26H24ClN3O4. The lowest BCUT2D eigenvalue weighted by molar-refractivity contribution is -0.138. The maximum Gasteiger partial charge on any atom is 0.339 e. The van der Waals surface area contributed by atoms with E-state index >= 15 is 0 Å². The summed E-state index contributed by atoms with van der Waals surface area (Å²) in [7, 11) is 2.88. The van der Waals surface area contributed by atoms with Crippen molar-refractivity contribution in [3.63, 3.8) is 0 Å². The van der Waals surface area contributed by atoms with Crippen molar-refractivity contribution in [1.29, 1.82) is 0 Å². The largest absolute Gasteiger partial charge is 0.466 e. The topological polar surface area (TPSA) is 92.9 Å². The van der Waals surface area contributed by atoms with Gasteiger partial charge in [0.1, 0.15) is 16.8 Å². The zero-order chi connectivity index (χ0) is 24.4. The van der Waals surface area contributed by atoms with Gasteiger partial charge >= 0.3 is 5.97 Å². The first-order valence-corrected chi connectivity index (χ1v) is 11.4. The van der Waals surface area contributed by atoms with Crippen molar-refractivity contribution in [1.82, 2.24) is 0 Å². The van der Waals surface area contributed by atoms with Gasteiger partial charge in [0, 0.05) is 46.7 Å². The predicted octanol–water partition coefficient (Wildman–Crippen LogP) is 3.73. The zero-order valence-corrected chi connectivity index (χ0v) is 19.9. The highest BCUT2D eigenvalue weighted by Gasteiger charge is 2.63. The number of amides is 1. The Morgan fingerprint density at radius 1 is 1.15 bits per heavy atom. The quantitative estimate of drug-likeness (QED) is 0.662. The SMILES string of the molecule is COC(=O)C1=C(N)N(c2ccc(C)c(Cl)c2)C2=C(C(=O)CCC2)C12C(=O)N(C)c1ccccc12. The fourth-order valence-electron chi connectivity index (χ4n) is 5.47. The van der Waals surface area contributed by atoms with Crippen LogP contribution in [-0.2, 0) is 24.5 Å². The van der Waals surface area contributed by atoms with Gasteiger partial charge in [0.25, 0.3) is 0 Å². The van der Waals surface area contributed by atoms with E-state index in [2.05, 4.69) is 0 Å². The fourth-order valence-corrected chi connectivity index (χ4v) is 5.64. The number of methoxy groups -OCH3 is 1. The molecule has 1 unspecified atom stereocenters. The van der Waals surface area contributed by atoms with E-state index in [1.54, 1.807) is 36.2 Å². The van der Waals surface area contributed by atoms with Crippen molar-refractivity contribution in [3.8, 4) is 0 Å². The molecule has 2 N–H and O–H groups in total. The summed E-state index contributed by atoms with van der Waals surface area (Å²) in [6.45, 7) is 1.88. The number of benzene rings is 2. The third kappa shape index (κ3) is 2.73. The number of carbonyl (C=O) groups is 3. The van der Waals surface area contributed by atoms with Crippen LogP contribution < -0.4 is 15.5 Å². The van der Waals surface area contributed by atoms with Gasteiger partial charge in [0.2, 0.25) is 5.91 Å². The minimum absolute atomic E-state index is 0.0532. The lowest BCUT2D eigenvalue weighted by atomic mass is 9.63. The maximum atomic E-state index is 14.1. The summed E-state index contributed by atoms with van der Waals surface area (Å²) in [5.41, 5.74) is 8.58. The molecule has 8 heteroatoms. The number of allylic oxidation sites excluding steroid dienone is 1. The molecule has 1 atom stereocenters. The number of esters is 1. The number of halogens is 1. The summed E-state index contributed by atoms with van der Waals surface area (Å²) in [4.78, 5) is 44.2. The number of hydrogen-bond acceptors (Lipinski definition) is 6. The Kier molecular flexibility index (Phi) is 5.06. The molecule has 34 heavy (non-hydrogen) atoms. The van der Waals surface area contributed by atoms with E-state index in [9.17, 15) is 14.4 Å². The average molecular weight is 478 g/mol. The molecule has 2 aromatic carbocycles. The Morgan fingerprint density at radius 2 is 1.88 bits per heavy atom. The number of ketones is 1. The molecule has 5 rings (SSSR count). The summed E-state index contributed by atoms with van der Waals surface area (Å²) < 4.78 is 5.15. The van der Waals surface area contributed by atoms with Crippen LogP contribution >= 0.6 is 11.6 Å². The number of nitrogens with two attached hydrogens (primary N) is 1. The number of likely N-dealkylation sites (N-methyl/N-ethyl adjacent to an activating group) is 1. The smallest absolute Gasteiger partial charge is 0.339 e. The number of anilines is 2. The zero-order valence-electron chi connectivity index (χ0n) is 19.1. The molecule has 0 radical (unpaired) electrons. The lowest BCUT2D eigenvalue weighted by Gasteiger charge is -2.44. The van der Waals surface area contributed by atoms with Crippen LogP contribution in [0.1, 0.15) is 30.4 Å². The van der Waals surface area contributed by atoms with E-state index in [0.717, 1.165) is 5.56 Å². The summed E-state index contributed by atoms with van der Waals surface area (Å²) in [6, 6.07) is 12.6. The van der Waals surface area contributed by atoms with E-state index in [1.165, 1.54) is 12.0 Å². The van der Waals surface area contributed by atoms with Gasteiger partial charge in [-0.05, 0) is 43.5 Å². The Hall–Kier alpha value is -3.58. The molecule has 3 aliphatic rings. The summed E-state index contributed by atoms with van der Waals surface area (Å²) >= 11 is 6.42. The van der Waals surface area contributed by atoms with Crippen LogP contribution in [-0.4, -0.2) is 31.8 Å². The van der Waals surface area contributed by atoms with Crippen LogP contribution in [0.4, 0.5) is 11.4 Å². The molecule has 7 nitrogen and oxygen atoms in total. The normalized spacial score (nSPS) is 21.9. The molecule has 1 aliphatic carbocycles. The van der Waals surface area contributed by atoms with Crippen molar-refractivity contribution in [3.05, 3.63) is 81.3 Å². The van der Waals surface area contributed by atoms with E-state index in [4.69, 9.17) is 22.1 Å². The van der Waals surface area contributed by atoms with Crippen LogP contribution in [0.3, 0.4) is 0 Å². The van der Waals surface area contributed by atoms with Crippen LogP contribution in [0.5, 0.6) is 0 Å². The molecule has 2 aliphatic heterocycles. The molecule has 2 heterocycles. The highest BCUT2D eigenvalue weighted by Crippen LogP contribution is 2.56. The van der Waals surface area contributed by atoms with Gasteiger partial charge in [-0.25, -0.2) is 4.79 Å². The van der Waals surface area contributed by atoms with Crippen molar-refractivity contribution in [2.24, 2.45) is 5.73 Å². The van der Waals surface area contributed by atoms with Crippen LogP contribution in [0, 0.1) is 6.92 Å². The minimum atomic E-state index is -1.67. The van der Waals surface area contributed by atoms with Crippen molar-refractivity contribution in [2.75, 3.05) is 24.0 Å². The predicted molar refractivity (Wildman–Crippen MR) is 129 cm³/mol. The monoisotopic (exact) mass is 477 g/mol. The Labute approximate surface area is 202 Å². The number of ether oxygens (including phenoxy) is 1. The maximum absolute atomic E-state index is 14.1. The van der Waals surface area contributed by atoms with Gasteiger partial charge < -0.3 is 15.4 Å². The minimum Gasteiger partial charge on any atom is -0.466 e. The number of para-hydroxylation sites is 1. The number of rotatable bonds is 2. The Balaban J connectivity index is 1.92. The van der Waals surface area contributed by atoms with Gasteiger partial charge in [-0.3, -0.25) is 14.5 Å². The molecule has 1 amide bonds. The fraction of sp³-hybridized carbons (Fsp3) is 0.269. The molecule has 0 bridgehead atoms. The number of nitrogens with zero attached hydrogens (tertiary/aromatic N) is 2. The summed E-state index contributed by atoms with van der Waals surface area (Å²) in [5, 5.41) is 0.525. The number of hydrogen-bond donors (Lipinski definition) is 1. The van der Waals surface area contributed by atoms with Gasteiger partial charge in [-0.2, -0.15) is 0 Å². The number of Topliss-reactive ketones (excluding diaryl/α,β-unsaturated/α-hetero) is 1. The molecule has 0 saturated heterocycles. The van der Waals surface area contributed by atoms with Crippen LogP contribution in [0.15, 0.2) is 65.1 Å². The van der Waals surface area contributed by atoms with Gasteiger partial charge in [-0.15, -0.1) is 0 Å². The highest BCUT2D eigenvalue weighted by atomic mass is 35.5. The number of carbonyl (C=O) groups excluding carboxylic acids is 3. The molecule has 174 valence electrons. The van der Waals surface area contributed by atoms with Crippen molar-refractivity contribution in [2.45, 2.75) is 31.6 Å². The first kappa shape index (κ1) is 22.2. The van der Waals surface area contributed by atoms with Gasteiger partial charge in [0.15, 0.2) is 5.78 Å². The second-order valence-electron chi connectivity index (χ2n) is 8.75. The van der Waals surface area contributed by atoms with Crippen molar-refractivity contribution < 1.29 is 19.1 Å². The first-order valence-electron chi connectivity index (χ1n) is 11.0. The number of fused-ring (bicyclic) bond motifs is 3. The molecule has 0 aromatic heterocycles. The first-order chi connectivity index (χ1) is 16.2. The second kappa shape index (κ2) is 7.74. The third-order valence-corrected chi connectivity index (χ3v) is 7.41. The molecule has 0 saturated carbocycles. The highest BCUT2D eigenvalue weighted by molar-refractivity contribution is 6.31. The molecular weight excluding hydrogens is 454 g/mol. The molecule has 0 fully saturated rings. The van der Waals surface area contributed by atoms with Crippen molar-refractivity contribution >= 4 is 40.6 Å². The van der Waals surface area contributed by atoms with Gasteiger partial charge in [0.05, 0.1) is 7.11 Å². The van der Waals surface area contributed by atoms with Gasteiger partial charge in [-0.1, -0.05) is 35.9 Å². The standard InChI is InChI=1S/C26H24ClN3O4/c1-14-11-12-15(13-17(14)27)30-19-9-6-10-20(31)21(19)26(22(23(30)28)24(32)34-3)16-7-4-5-8-18(16)29(2)25(26)33/h4-5,7-8,11-13H,6,9-10,28H2,1-3H3. The lowest BCUT2D eigenvalue weighted by Crippen LogP contribution is -2.54. The van der Waals surface area contributed by atoms with Crippen LogP contribution in [0.2, 0.25) is 5.02 Å². The second-order valence-corrected chi connectivity index (χ2v) is 9.16. The average Bonchev–Trinajstić information content (AvgIpc) is 3.04. The third-order valence-electron chi connectivity index (χ3n) is 7.00. The molecule has 1 spiro atoms. The Morgan fingerprint density at radius 3 is 2.59 bits per heavy atom. The summed E-state index contributed by atoms with van der Waals surface area (Å²) in [6.07, 6.45) is 1.40. The van der Waals surface area contributed by atoms with E-state index in [-0.39, 0.29) is 29.2 Å². The van der Waals surface area contributed by atoms with E-state index in [0.29, 0.717) is 40.5 Å². The Bertz CT molecular complexity index is 1350. The van der Waals surface area contributed by atoms with E-state index in [1.807, 2.05) is 25.1 Å². The van der Waals surface area contributed by atoms with E-state index < -0.39 is 17.3 Å². The molecule has 2 aromatic rings. The van der Waals surface area contributed by atoms with Crippen LogP contribution in [0.25, 0.3) is 0 Å². The summed E-state index contributed by atoms with van der Waals surface area (Å²) in [5.74, 6) is -1.29. The number of aryl methyl sites for hydroxylation is 1.